The highest BCUT2D eigenvalue weighted by Crippen LogP contribution is 2.47. The van der Waals surface area contributed by atoms with E-state index in [1.54, 1.807) is 26.2 Å². The molecule has 0 radical (unpaired) electrons. The Morgan fingerprint density at radius 1 is 1.05 bits per heavy atom. The van der Waals surface area contributed by atoms with E-state index < -0.39 is 77.7 Å². The van der Waals surface area contributed by atoms with Crippen LogP contribution in [0.5, 0.6) is 0 Å². The molecule has 4 unspecified atom stereocenters. The molecule has 6 rings (SSSR count). The number of rotatable bonds is 6. The van der Waals surface area contributed by atoms with Crippen LogP contribution in [-0.4, -0.2) is 108 Å². The van der Waals surface area contributed by atoms with Crippen LogP contribution in [0, 0.1) is 29.1 Å². The summed E-state index contributed by atoms with van der Waals surface area (Å²) in [6.45, 7) is 19.6. The average molecular weight is 813 g/mol. The minimum absolute atomic E-state index is 0.0319. The molecule has 3 saturated heterocycles. The highest BCUT2D eigenvalue weighted by Gasteiger charge is 2.60. The fourth-order valence-electron chi connectivity index (χ4n) is 9.33. The second kappa shape index (κ2) is 17.7. The van der Waals surface area contributed by atoms with Crippen LogP contribution in [0.3, 0.4) is 0 Å². The maximum atomic E-state index is 14.3. The Kier molecular flexibility index (Phi) is 13.7. The van der Waals surface area contributed by atoms with Gasteiger partial charge in [-0.1, -0.05) is 70.6 Å². The number of aliphatic hydroxyl groups is 2. The normalized spacial score (nSPS) is 45.2. The van der Waals surface area contributed by atoms with Crippen molar-refractivity contribution in [2.45, 2.75) is 174 Å². The third-order valence-corrected chi connectivity index (χ3v) is 13.1. The monoisotopic (exact) mass is 812 g/mol. The second-order valence-corrected chi connectivity index (χ2v) is 18.7. The minimum atomic E-state index is -1.83. The van der Waals surface area contributed by atoms with Gasteiger partial charge in [0.15, 0.2) is 18.2 Å². The molecular weight excluding hydrogens is 744 g/mol. The third kappa shape index (κ3) is 9.15. The predicted molar refractivity (Wildman–Crippen MR) is 216 cm³/mol. The number of hydrogen-bond acceptors (Lipinski definition) is 12. The van der Waals surface area contributed by atoms with E-state index in [4.69, 9.17) is 37.9 Å². The minimum Gasteiger partial charge on any atom is -0.462 e. The van der Waals surface area contributed by atoms with Gasteiger partial charge >= 0.3 is 11.9 Å². The Balaban J connectivity index is 1.35. The number of carbonyl (C=O) groups is 2. The Morgan fingerprint density at radius 2 is 1.79 bits per heavy atom. The van der Waals surface area contributed by atoms with Crippen LogP contribution < -0.4 is 0 Å². The number of esters is 2. The fraction of sp³-hybridized carbons (Fsp3) is 0.739. The molecule has 1 spiro atoms. The molecule has 12 nitrogen and oxygen atoms in total. The van der Waals surface area contributed by atoms with Gasteiger partial charge in [0, 0.05) is 38.2 Å². The van der Waals surface area contributed by atoms with Gasteiger partial charge in [0.05, 0.1) is 36.4 Å². The van der Waals surface area contributed by atoms with Crippen LogP contribution >= 0.6 is 0 Å². The summed E-state index contributed by atoms with van der Waals surface area (Å²) >= 11 is 0. The lowest BCUT2D eigenvalue weighted by molar-refractivity contribution is -0.300. The highest BCUT2D eigenvalue weighted by atomic mass is 16.7. The molecule has 0 saturated carbocycles. The molecule has 0 aromatic heterocycles. The summed E-state index contributed by atoms with van der Waals surface area (Å²) in [5, 5.41) is 23.6. The molecule has 2 N–H and O–H groups in total. The van der Waals surface area contributed by atoms with Crippen molar-refractivity contribution in [2.75, 3.05) is 13.7 Å². The van der Waals surface area contributed by atoms with E-state index in [9.17, 15) is 19.8 Å². The van der Waals surface area contributed by atoms with Gasteiger partial charge < -0.3 is 48.1 Å². The van der Waals surface area contributed by atoms with Gasteiger partial charge in [0.1, 0.15) is 35.9 Å². The van der Waals surface area contributed by atoms with Crippen LogP contribution in [0.2, 0.25) is 0 Å². The summed E-state index contributed by atoms with van der Waals surface area (Å²) in [6, 6.07) is 0. The van der Waals surface area contributed by atoms with Gasteiger partial charge in [-0.25, -0.2) is 0 Å². The molecule has 1 aliphatic carbocycles. The van der Waals surface area contributed by atoms with Crippen molar-refractivity contribution in [3.63, 3.8) is 0 Å². The third-order valence-electron chi connectivity index (χ3n) is 13.1. The van der Waals surface area contributed by atoms with Crippen LogP contribution in [0.4, 0.5) is 0 Å². The zero-order chi connectivity index (χ0) is 42.3. The van der Waals surface area contributed by atoms with Crippen LogP contribution in [0.15, 0.2) is 59.3 Å². The molecule has 3 fully saturated rings. The molecule has 324 valence electrons. The first-order valence-electron chi connectivity index (χ1n) is 21.3. The van der Waals surface area contributed by atoms with Crippen LogP contribution in [-0.2, 0) is 47.5 Å². The number of fused-ring (bicyclic) bond motifs is 2. The van der Waals surface area contributed by atoms with Gasteiger partial charge in [0.2, 0.25) is 0 Å². The van der Waals surface area contributed by atoms with E-state index in [-0.39, 0.29) is 42.5 Å². The fourth-order valence-corrected chi connectivity index (χ4v) is 9.33. The first-order valence-corrected chi connectivity index (χ1v) is 21.3. The van der Waals surface area contributed by atoms with Crippen molar-refractivity contribution in [1.82, 2.24) is 0 Å². The van der Waals surface area contributed by atoms with Crippen molar-refractivity contribution in [3.05, 3.63) is 59.3 Å². The van der Waals surface area contributed by atoms with E-state index in [1.165, 1.54) is 0 Å². The number of hydrogen-bond donors (Lipinski definition) is 2. The molecule has 5 aliphatic heterocycles. The van der Waals surface area contributed by atoms with Crippen LogP contribution in [0.1, 0.15) is 101 Å². The van der Waals surface area contributed by atoms with Gasteiger partial charge in [-0.2, -0.15) is 0 Å². The van der Waals surface area contributed by atoms with Crippen molar-refractivity contribution < 1.29 is 57.7 Å². The van der Waals surface area contributed by atoms with Crippen molar-refractivity contribution in [1.29, 1.82) is 0 Å². The van der Waals surface area contributed by atoms with Gasteiger partial charge in [-0.05, 0) is 76.7 Å². The lowest BCUT2D eigenvalue weighted by atomic mass is 9.71. The Labute approximate surface area is 344 Å². The lowest BCUT2D eigenvalue weighted by Gasteiger charge is -2.48. The number of aliphatic hydroxyl groups excluding tert-OH is 1. The summed E-state index contributed by atoms with van der Waals surface area (Å²) in [5.41, 5.74) is -0.557. The zero-order valence-corrected chi connectivity index (χ0v) is 36.3. The van der Waals surface area contributed by atoms with Crippen molar-refractivity contribution in [3.8, 4) is 0 Å². The zero-order valence-electron chi connectivity index (χ0n) is 36.3. The van der Waals surface area contributed by atoms with E-state index in [0.717, 1.165) is 12.0 Å². The number of allylic oxidation sites excluding steroid dienone is 2. The summed E-state index contributed by atoms with van der Waals surface area (Å²) in [6.07, 6.45) is 10.1. The number of ether oxygens (including phenoxy) is 8. The maximum absolute atomic E-state index is 14.3. The molecule has 2 bridgehead atoms. The quantitative estimate of drug-likeness (QED) is 0.225. The summed E-state index contributed by atoms with van der Waals surface area (Å²) in [5.74, 6) is -2.88. The smallest absolute Gasteiger partial charge is 0.316 e. The van der Waals surface area contributed by atoms with E-state index in [2.05, 4.69) is 32.9 Å². The standard InChI is InChI=1S/C46H68O12/c1-12-25(2)39-28(5)18-19-45(58-39)23-33-21-32(57-45)17-16-27(4)38(55-36-22-35(51-11)40(30(7)53-36)56-43(49)44(8,9)10)26(3)14-13-15-31-24-52-41-37(47)29(6)20-34(42(48)54-33)46(31,41)50/h13-16,18-20,25-26,28,30,32-41,47,50H,12,17,21-24H2,1-11H3/b14-13+,27-16+,31-15+/t25?,26-,28-,30-,32+,33-,34?,35-,36?,37+,38-,39+,40-,41+,45?,46+/m0/s1. The van der Waals surface area contributed by atoms with Gasteiger partial charge in [-0.15, -0.1) is 0 Å². The second-order valence-electron chi connectivity index (χ2n) is 18.7. The molecule has 12 heteroatoms. The van der Waals surface area contributed by atoms with E-state index in [0.29, 0.717) is 36.8 Å². The molecule has 0 aromatic carbocycles. The van der Waals surface area contributed by atoms with E-state index >= 15 is 0 Å². The largest absolute Gasteiger partial charge is 0.462 e. The number of methoxy groups -OCH3 is 1. The number of carbonyl (C=O) groups excluding carboxylic acids is 2. The molecule has 16 atom stereocenters. The SMILES string of the molecule is CCC(C)[C@H]1OC2(C=C[C@@H]1C)C[C@@H]1C[C@@H](C/C=C(\C)[C@@H](OC3C[C@H](OC)[C@@H](OC(=O)C(C)(C)C)[C@H](C)O3)[C@@H](C)/C=C/C=C3\CO[C@@H]4[C@H](O)C(C)=CC(C(=O)O1)[C@]34O)O2. The summed E-state index contributed by atoms with van der Waals surface area (Å²) in [4.78, 5) is 27.2. The summed E-state index contributed by atoms with van der Waals surface area (Å²) < 4.78 is 51.1. The average Bonchev–Trinajstić information content (AvgIpc) is 3.51. The molecular formula is C46H68O12. The molecule has 6 aliphatic rings. The maximum Gasteiger partial charge on any atom is 0.316 e. The molecule has 0 amide bonds. The van der Waals surface area contributed by atoms with Gasteiger partial charge in [0.25, 0.3) is 0 Å². The first-order chi connectivity index (χ1) is 27.3. The topological polar surface area (TPSA) is 148 Å². The molecule has 0 aromatic rings. The Hall–Kier alpha value is -2.68. The summed E-state index contributed by atoms with van der Waals surface area (Å²) in [7, 11) is 1.60. The van der Waals surface area contributed by atoms with Crippen molar-refractivity contribution >= 4 is 11.9 Å². The molecule has 58 heavy (non-hydrogen) atoms. The highest BCUT2D eigenvalue weighted by molar-refractivity contribution is 5.78. The molecule has 5 heterocycles. The Morgan fingerprint density at radius 3 is 2.48 bits per heavy atom. The van der Waals surface area contributed by atoms with E-state index in [1.807, 2.05) is 59.8 Å². The Bertz CT molecular complexity index is 1660. The van der Waals surface area contributed by atoms with Gasteiger partial charge in [-0.3, -0.25) is 9.59 Å². The van der Waals surface area contributed by atoms with Crippen molar-refractivity contribution in [2.24, 2.45) is 29.1 Å². The predicted octanol–water partition coefficient (Wildman–Crippen LogP) is 6.44. The lowest BCUT2D eigenvalue weighted by Crippen LogP contribution is -2.58. The van der Waals surface area contributed by atoms with Crippen LogP contribution in [0.25, 0.3) is 0 Å². The first kappa shape index (κ1) is 44.9.